The fraction of sp³-hybridized carbons (Fsp3) is 0. The molecule has 7 aromatic carbocycles. The summed E-state index contributed by atoms with van der Waals surface area (Å²) in [7, 11) is 0. The molecular formula is C42H27ClN2. The summed E-state index contributed by atoms with van der Waals surface area (Å²) < 4.78 is 4.71. The molecule has 3 heteroatoms. The monoisotopic (exact) mass is 594 g/mol. The third kappa shape index (κ3) is 4.18. The van der Waals surface area contributed by atoms with Gasteiger partial charge >= 0.3 is 0 Å². The fourth-order valence-corrected chi connectivity index (χ4v) is 7.17. The SMILES string of the molecule is Clc1cc(-c2ccc3c4ccccc4n(-c4ccccc4)c3c2)cc(-c2ccc3c4ccccc4n(-c4ccccc4)c3c2)c1. The Bertz CT molecular complexity index is 2360. The van der Waals surface area contributed by atoms with E-state index in [0.29, 0.717) is 0 Å². The molecule has 2 heterocycles. The maximum absolute atomic E-state index is 6.86. The van der Waals surface area contributed by atoms with Crippen LogP contribution in [0.2, 0.25) is 5.02 Å². The van der Waals surface area contributed by atoms with E-state index in [1.165, 1.54) is 43.6 Å². The molecule has 0 bridgehead atoms. The number of halogens is 1. The van der Waals surface area contributed by atoms with Crippen molar-refractivity contribution in [1.82, 2.24) is 9.13 Å². The standard InChI is InChI=1S/C42H27ClN2/c43-32-24-30(28-19-21-37-35-15-7-9-17-39(35)44(41(37)26-28)33-11-3-1-4-12-33)23-31(25-32)29-20-22-38-36-16-8-10-18-40(36)45(42(38)27-29)34-13-5-2-6-14-34/h1-27H. The molecule has 2 aromatic heterocycles. The molecule has 9 rings (SSSR count). The van der Waals surface area contributed by atoms with Crippen molar-refractivity contribution in [2.24, 2.45) is 0 Å². The van der Waals surface area contributed by atoms with Gasteiger partial charge in [0.05, 0.1) is 22.1 Å². The Morgan fingerprint density at radius 2 is 0.711 bits per heavy atom. The lowest BCUT2D eigenvalue weighted by Gasteiger charge is -2.11. The molecule has 0 spiro atoms. The molecule has 0 unspecified atom stereocenters. The van der Waals surface area contributed by atoms with E-state index in [1.54, 1.807) is 0 Å². The van der Waals surface area contributed by atoms with Gasteiger partial charge in [0.2, 0.25) is 0 Å². The van der Waals surface area contributed by atoms with E-state index in [-0.39, 0.29) is 0 Å². The van der Waals surface area contributed by atoms with Gasteiger partial charge in [-0.25, -0.2) is 0 Å². The van der Waals surface area contributed by atoms with Crippen molar-refractivity contribution in [3.63, 3.8) is 0 Å². The first kappa shape index (κ1) is 25.9. The normalized spacial score (nSPS) is 11.7. The van der Waals surface area contributed by atoms with Gasteiger partial charge in [0.1, 0.15) is 0 Å². The zero-order valence-corrected chi connectivity index (χ0v) is 25.1. The van der Waals surface area contributed by atoms with Gasteiger partial charge in [-0.2, -0.15) is 0 Å². The number of benzene rings is 7. The van der Waals surface area contributed by atoms with Gasteiger partial charge in [0.25, 0.3) is 0 Å². The predicted molar refractivity (Wildman–Crippen MR) is 191 cm³/mol. The van der Waals surface area contributed by atoms with Crippen LogP contribution in [0, 0.1) is 0 Å². The Hall–Kier alpha value is -5.57. The molecule has 9 aromatic rings. The van der Waals surface area contributed by atoms with E-state index < -0.39 is 0 Å². The summed E-state index contributed by atoms with van der Waals surface area (Å²) in [6, 6.07) is 58.4. The maximum Gasteiger partial charge on any atom is 0.0547 e. The quantitative estimate of drug-likeness (QED) is 0.192. The van der Waals surface area contributed by atoms with E-state index in [1.807, 2.05) is 0 Å². The fourth-order valence-electron chi connectivity index (χ4n) is 6.93. The molecule has 2 nitrogen and oxygen atoms in total. The minimum Gasteiger partial charge on any atom is -0.309 e. The Morgan fingerprint density at radius 1 is 0.311 bits per heavy atom. The van der Waals surface area contributed by atoms with Crippen LogP contribution in [0.5, 0.6) is 0 Å². The molecule has 0 fully saturated rings. The molecule has 45 heavy (non-hydrogen) atoms. The lowest BCUT2D eigenvalue weighted by Crippen LogP contribution is -1.93. The third-order valence-electron chi connectivity index (χ3n) is 8.94. The average Bonchev–Trinajstić information content (AvgIpc) is 3.61. The van der Waals surface area contributed by atoms with Crippen molar-refractivity contribution < 1.29 is 0 Å². The first-order valence-electron chi connectivity index (χ1n) is 15.2. The molecular weight excluding hydrogens is 568 g/mol. The highest BCUT2D eigenvalue weighted by Crippen LogP contribution is 2.39. The van der Waals surface area contributed by atoms with Crippen molar-refractivity contribution in [2.45, 2.75) is 0 Å². The number of hydrogen-bond donors (Lipinski definition) is 0. The summed E-state index contributed by atoms with van der Waals surface area (Å²) in [5.74, 6) is 0. The van der Waals surface area contributed by atoms with Gasteiger partial charge in [0.15, 0.2) is 0 Å². The van der Waals surface area contributed by atoms with Crippen LogP contribution in [0.1, 0.15) is 0 Å². The maximum atomic E-state index is 6.86. The zero-order valence-electron chi connectivity index (χ0n) is 24.4. The number of hydrogen-bond acceptors (Lipinski definition) is 0. The highest BCUT2D eigenvalue weighted by Gasteiger charge is 2.16. The number of rotatable bonds is 4. The summed E-state index contributed by atoms with van der Waals surface area (Å²) in [6.07, 6.45) is 0. The topological polar surface area (TPSA) is 9.86 Å². The Balaban J connectivity index is 1.23. The molecule has 0 radical (unpaired) electrons. The van der Waals surface area contributed by atoms with E-state index in [0.717, 1.165) is 38.7 Å². The van der Waals surface area contributed by atoms with Crippen molar-refractivity contribution in [1.29, 1.82) is 0 Å². The van der Waals surface area contributed by atoms with Crippen LogP contribution in [-0.2, 0) is 0 Å². The highest BCUT2D eigenvalue weighted by molar-refractivity contribution is 6.31. The number of fused-ring (bicyclic) bond motifs is 6. The van der Waals surface area contributed by atoms with Crippen LogP contribution in [-0.4, -0.2) is 9.13 Å². The highest BCUT2D eigenvalue weighted by atomic mass is 35.5. The molecule has 0 saturated carbocycles. The zero-order chi connectivity index (χ0) is 29.9. The second kappa shape index (κ2) is 10.3. The van der Waals surface area contributed by atoms with E-state index in [2.05, 4.69) is 173 Å². The van der Waals surface area contributed by atoms with Crippen LogP contribution in [0.4, 0.5) is 0 Å². The molecule has 212 valence electrons. The van der Waals surface area contributed by atoms with Crippen molar-refractivity contribution in [2.75, 3.05) is 0 Å². The molecule has 0 atom stereocenters. The second-order valence-corrected chi connectivity index (χ2v) is 12.0. The molecule has 0 saturated heterocycles. The van der Waals surface area contributed by atoms with Crippen molar-refractivity contribution >= 4 is 55.2 Å². The summed E-state index contributed by atoms with van der Waals surface area (Å²) in [5.41, 5.74) is 11.5. The largest absolute Gasteiger partial charge is 0.309 e. The van der Waals surface area contributed by atoms with E-state index in [9.17, 15) is 0 Å². The van der Waals surface area contributed by atoms with Gasteiger partial charge in [-0.3, -0.25) is 0 Å². The van der Waals surface area contributed by atoms with Gasteiger partial charge in [-0.1, -0.05) is 109 Å². The van der Waals surface area contributed by atoms with Crippen LogP contribution in [0.3, 0.4) is 0 Å². The Morgan fingerprint density at radius 3 is 1.18 bits per heavy atom. The van der Waals surface area contributed by atoms with Crippen LogP contribution < -0.4 is 0 Å². The average molecular weight is 595 g/mol. The molecule has 0 N–H and O–H groups in total. The van der Waals surface area contributed by atoms with Crippen LogP contribution >= 0.6 is 11.6 Å². The van der Waals surface area contributed by atoms with E-state index >= 15 is 0 Å². The number of aromatic nitrogens is 2. The lowest BCUT2D eigenvalue weighted by atomic mass is 9.97. The van der Waals surface area contributed by atoms with Gasteiger partial charge in [-0.15, -0.1) is 0 Å². The van der Waals surface area contributed by atoms with Crippen LogP contribution in [0.15, 0.2) is 164 Å². The summed E-state index contributed by atoms with van der Waals surface area (Å²) in [4.78, 5) is 0. The molecule has 0 aliphatic rings. The molecule has 0 amide bonds. The first-order chi connectivity index (χ1) is 22.2. The minimum absolute atomic E-state index is 0.718. The summed E-state index contributed by atoms with van der Waals surface area (Å²) >= 11 is 6.86. The van der Waals surface area contributed by atoms with Gasteiger partial charge in [-0.05, 0) is 89.0 Å². The number of nitrogens with zero attached hydrogens (tertiary/aromatic N) is 2. The predicted octanol–water partition coefficient (Wildman–Crippen LogP) is 11.9. The van der Waals surface area contributed by atoms with Crippen molar-refractivity contribution in [3.05, 3.63) is 169 Å². The Labute approximate surface area is 266 Å². The summed E-state index contributed by atoms with van der Waals surface area (Å²) in [6.45, 7) is 0. The minimum atomic E-state index is 0.718. The van der Waals surface area contributed by atoms with Crippen LogP contribution in [0.25, 0.3) is 77.2 Å². The van der Waals surface area contributed by atoms with Gasteiger partial charge in [0, 0.05) is 37.9 Å². The second-order valence-electron chi connectivity index (χ2n) is 11.6. The number of para-hydroxylation sites is 4. The Kier molecular flexibility index (Phi) is 5.90. The first-order valence-corrected chi connectivity index (χ1v) is 15.6. The molecule has 0 aliphatic carbocycles. The molecule has 0 aliphatic heterocycles. The smallest absolute Gasteiger partial charge is 0.0547 e. The van der Waals surface area contributed by atoms with Crippen molar-refractivity contribution in [3.8, 4) is 33.6 Å². The summed E-state index contributed by atoms with van der Waals surface area (Å²) in [5, 5.41) is 5.68. The van der Waals surface area contributed by atoms with E-state index in [4.69, 9.17) is 11.6 Å². The lowest BCUT2D eigenvalue weighted by molar-refractivity contribution is 1.18. The third-order valence-corrected chi connectivity index (χ3v) is 9.16. The van der Waals surface area contributed by atoms with Gasteiger partial charge < -0.3 is 9.13 Å².